The first kappa shape index (κ1) is 13.1. The molecule has 2 rings (SSSR count). The lowest BCUT2D eigenvalue weighted by molar-refractivity contribution is 0.414. The summed E-state index contributed by atoms with van der Waals surface area (Å²) in [6.07, 6.45) is 2.74. The van der Waals surface area contributed by atoms with Gasteiger partial charge in [0.25, 0.3) is 5.88 Å². The van der Waals surface area contributed by atoms with Crippen molar-refractivity contribution in [3.8, 4) is 11.8 Å². The van der Waals surface area contributed by atoms with Gasteiger partial charge < -0.3 is 9.15 Å². The number of benzene rings is 1. The molecule has 0 bridgehead atoms. The van der Waals surface area contributed by atoms with E-state index in [1.54, 1.807) is 13.3 Å². The van der Waals surface area contributed by atoms with Gasteiger partial charge in [0.05, 0.1) is 13.3 Å². The number of methoxy groups -OCH3 is 1. The van der Waals surface area contributed by atoms with E-state index in [1.807, 2.05) is 24.3 Å². The van der Waals surface area contributed by atoms with Crippen molar-refractivity contribution in [1.29, 1.82) is 5.26 Å². The molecule has 0 radical (unpaired) electrons. The number of ether oxygens (including phenoxy) is 1. The summed E-state index contributed by atoms with van der Waals surface area (Å²) in [7, 11) is 1.58. The minimum atomic E-state index is 0.151. The van der Waals surface area contributed by atoms with Crippen LogP contribution in [-0.4, -0.2) is 18.3 Å². The normalized spacial score (nSPS) is 10.4. The molecule has 0 amide bonds. The van der Waals surface area contributed by atoms with Crippen molar-refractivity contribution in [1.82, 2.24) is 4.98 Å². The maximum atomic E-state index is 8.75. The van der Waals surface area contributed by atoms with Gasteiger partial charge in [-0.1, -0.05) is 15.9 Å². The molecule has 0 saturated heterocycles. The summed E-state index contributed by atoms with van der Waals surface area (Å²) in [5.41, 5.74) is 3.54. The smallest absolute Gasteiger partial charge is 0.251 e. The Hall–Kier alpha value is -2.33. The Bertz CT molecular complexity index is 645. The number of nitrogens with zero attached hydrogens (tertiary/aromatic N) is 3. The molecule has 1 aromatic carbocycles. The van der Waals surface area contributed by atoms with Crippen molar-refractivity contribution in [3.05, 3.63) is 40.3 Å². The van der Waals surface area contributed by atoms with Gasteiger partial charge in [0.2, 0.25) is 5.69 Å². The van der Waals surface area contributed by atoms with E-state index in [9.17, 15) is 0 Å². The van der Waals surface area contributed by atoms with Crippen molar-refractivity contribution in [2.45, 2.75) is 0 Å². The summed E-state index contributed by atoms with van der Waals surface area (Å²) >= 11 is 3.37. The third kappa shape index (κ3) is 3.11. The number of rotatable bonds is 4. The van der Waals surface area contributed by atoms with Crippen LogP contribution in [0.4, 0.5) is 5.88 Å². The molecule has 0 fully saturated rings. The quantitative estimate of drug-likeness (QED) is 0.691. The molecule has 0 aliphatic heterocycles. The van der Waals surface area contributed by atoms with E-state index in [1.165, 1.54) is 6.39 Å². The fourth-order valence-corrected chi connectivity index (χ4v) is 1.75. The zero-order valence-corrected chi connectivity index (χ0v) is 11.5. The number of nitriles is 1. The molecule has 0 aliphatic rings. The van der Waals surface area contributed by atoms with Crippen LogP contribution in [0.25, 0.3) is 0 Å². The molecule has 0 atom stereocenters. The van der Waals surface area contributed by atoms with Crippen molar-refractivity contribution in [2.24, 2.45) is 5.10 Å². The average molecular weight is 321 g/mol. The monoisotopic (exact) mass is 320 g/mol. The number of oxazole rings is 1. The van der Waals surface area contributed by atoms with Crippen LogP contribution in [0, 0.1) is 11.3 Å². The van der Waals surface area contributed by atoms with E-state index < -0.39 is 0 Å². The van der Waals surface area contributed by atoms with Gasteiger partial charge in [-0.05, 0) is 18.2 Å². The third-order valence-corrected chi connectivity index (χ3v) is 2.73. The van der Waals surface area contributed by atoms with Gasteiger partial charge >= 0.3 is 0 Å². The SMILES string of the molecule is COc1ccc(Br)cc1C=NNc1ocnc1C#N. The Kier molecular flexibility index (Phi) is 4.15. The first-order valence-electron chi connectivity index (χ1n) is 5.21. The molecule has 1 heterocycles. The van der Waals surface area contributed by atoms with Crippen LogP contribution in [0.1, 0.15) is 11.3 Å². The second-order valence-corrected chi connectivity index (χ2v) is 4.31. The summed E-state index contributed by atoms with van der Waals surface area (Å²) in [5, 5.41) is 12.7. The molecule has 2 aromatic rings. The number of aromatic nitrogens is 1. The van der Waals surface area contributed by atoms with E-state index in [0.29, 0.717) is 5.75 Å². The second kappa shape index (κ2) is 6.02. The number of hydrogen-bond acceptors (Lipinski definition) is 6. The van der Waals surface area contributed by atoms with Crippen LogP contribution in [0.2, 0.25) is 0 Å². The van der Waals surface area contributed by atoms with Gasteiger partial charge in [-0.2, -0.15) is 10.4 Å². The Labute approximate surface area is 117 Å². The maximum absolute atomic E-state index is 8.75. The Morgan fingerprint density at radius 3 is 3.16 bits per heavy atom. The minimum absolute atomic E-state index is 0.151. The van der Waals surface area contributed by atoms with Gasteiger partial charge in [-0.15, -0.1) is 0 Å². The van der Waals surface area contributed by atoms with E-state index in [2.05, 4.69) is 31.4 Å². The molecule has 0 unspecified atom stereocenters. The maximum Gasteiger partial charge on any atom is 0.251 e. The topological polar surface area (TPSA) is 83.4 Å². The summed E-state index contributed by atoms with van der Waals surface area (Å²) in [4.78, 5) is 3.71. The molecule has 1 aromatic heterocycles. The lowest BCUT2D eigenvalue weighted by Crippen LogP contribution is -1.94. The van der Waals surface area contributed by atoms with Crippen molar-refractivity contribution in [3.63, 3.8) is 0 Å². The molecule has 1 N–H and O–H groups in total. The first-order valence-corrected chi connectivity index (χ1v) is 6.00. The highest BCUT2D eigenvalue weighted by Crippen LogP contribution is 2.21. The van der Waals surface area contributed by atoms with Gasteiger partial charge in [0.1, 0.15) is 11.8 Å². The van der Waals surface area contributed by atoms with Crippen LogP contribution in [0.15, 0.2) is 38.6 Å². The molecule has 0 spiro atoms. The predicted molar refractivity (Wildman–Crippen MR) is 73.1 cm³/mol. The van der Waals surface area contributed by atoms with Gasteiger partial charge in [-0.3, -0.25) is 0 Å². The fraction of sp³-hybridized carbons (Fsp3) is 0.0833. The second-order valence-electron chi connectivity index (χ2n) is 3.40. The van der Waals surface area contributed by atoms with Crippen LogP contribution >= 0.6 is 15.9 Å². The number of hydrogen-bond donors (Lipinski definition) is 1. The van der Waals surface area contributed by atoms with Crippen molar-refractivity contribution >= 4 is 28.0 Å². The highest BCUT2D eigenvalue weighted by atomic mass is 79.9. The molecule has 0 aliphatic carbocycles. The van der Waals surface area contributed by atoms with E-state index in [4.69, 9.17) is 14.4 Å². The Morgan fingerprint density at radius 2 is 2.42 bits per heavy atom. The number of anilines is 1. The number of nitrogens with one attached hydrogen (secondary N) is 1. The zero-order valence-electron chi connectivity index (χ0n) is 9.92. The largest absolute Gasteiger partial charge is 0.496 e. The van der Waals surface area contributed by atoms with Gasteiger partial charge in [0, 0.05) is 10.0 Å². The van der Waals surface area contributed by atoms with E-state index in [-0.39, 0.29) is 11.6 Å². The van der Waals surface area contributed by atoms with Crippen LogP contribution < -0.4 is 10.2 Å². The standard InChI is InChI=1S/C12H9BrN4O2/c1-18-11-3-2-9(13)4-8(11)6-16-17-12-10(5-14)15-7-19-12/h2-4,6-7,17H,1H3. The fourth-order valence-electron chi connectivity index (χ4n) is 1.37. The Balaban J connectivity index is 2.15. The molecule has 96 valence electrons. The van der Waals surface area contributed by atoms with Crippen molar-refractivity contribution < 1.29 is 9.15 Å². The Morgan fingerprint density at radius 1 is 1.58 bits per heavy atom. The first-order chi connectivity index (χ1) is 9.24. The highest BCUT2D eigenvalue weighted by molar-refractivity contribution is 9.10. The molecule has 6 nitrogen and oxygen atoms in total. The zero-order chi connectivity index (χ0) is 13.7. The van der Waals surface area contributed by atoms with Crippen LogP contribution in [-0.2, 0) is 0 Å². The summed E-state index contributed by atoms with van der Waals surface area (Å²) in [6.45, 7) is 0. The van der Waals surface area contributed by atoms with Gasteiger partial charge in [0.15, 0.2) is 6.39 Å². The van der Waals surface area contributed by atoms with Gasteiger partial charge in [-0.25, -0.2) is 10.4 Å². The lowest BCUT2D eigenvalue weighted by atomic mass is 10.2. The third-order valence-electron chi connectivity index (χ3n) is 2.23. The average Bonchev–Trinajstić information content (AvgIpc) is 2.86. The predicted octanol–water partition coefficient (Wildman–Crippen LogP) is 2.76. The van der Waals surface area contributed by atoms with Crippen LogP contribution in [0.5, 0.6) is 5.75 Å². The summed E-state index contributed by atoms with van der Waals surface area (Å²) in [5.74, 6) is 0.888. The molecule has 0 saturated carbocycles. The molecular weight excluding hydrogens is 312 g/mol. The molecular formula is C12H9BrN4O2. The summed E-state index contributed by atoms with van der Waals surface area (Å²) < 4.78 is 11.1. The van der Waals surface area contributed by atoms with Crippen LogP contribution in [0.3, 0.4) is 0 Å². The molecule has 7 heteroatoms. The number of hydrazone groups is 1. The lowest BCUT2D eigenvalue weighted by Gasteiger charge is -2.04. The summed E-state index contributed by atoms with van der Waals surface area (Å²) in [6, 6.07) is 7.43. The minimum Gasteiger partial charge on any atom is -0.496 e. The highest BCUT2D eigenvalue weighted by Gasteiger charge is 2.05. The molecule has 19 heavy (non-hydrogen) atoms. The van der Waals surface area contributed by atoms with E-state index in [0.717, 1.165) is 10.0 Å². The van der Waals surface area contributed by atoms with Crippen molar-refractivity contribution in [2.75, 3.05) is 12.5 Å². The number of halogens is 1. The van der Waals surface area contributed by atoms with E-state index >= 15 is 0 Å².